The highest BCUT2D eigenvalue weighted by atomic mass is 32.1. The van der Waals surface area contributed by atoms with Gasteiger partial charge in [-0.25, -0.2) is 4.79 Å². The number of amides is 1. The number of para-hydroxylation sites is 1. The van der Waals surface area contributed by atoms with Crippen LogP contribution >= 0.6 is 11.3 Å². The average Bonchev–Trinajstić information content (AvgIpc) is 3.45. The van der Waals surface area contributed by atoms with Crippen molar-refractivity contribution >= 4 is 45.2 Å². The number of carbonyl (C=O) groups is 2. The summed E-state index contributed by atoms with van der Waals surface area (Å²) in [4.78, 5) is 27.1. The van der Waals surface area contributed by atoms with E-state index in [0.29, 0.717) is 17.1 Å². The van der Waals surface area contributed by atoms with Crippen LogP contribution in [-0.4, -0.2) is 23.1 Å². The van der Waals surface area contributed by atoms with E-state index in [9.17, 15) is 14.9 Å². The normalized spacial score (nSPS) is 13.1. The maximum atomic E-state index is 13.3. The fraction of sp³-hybridized carbons (Fsp3) is 0.233. The summed E-state index contributed by atoms with van der Waals surface area (Å²) in [5.74, 6) is -0.963. The topological polar surface area (TPSA) is 84.1 Å². The van der Waals surface area contributed by atoms with Crippen molar-refractivity contribution in [1.82, 2.24) is 4.57 Å². The SMILES string of the molecule is CCOC(=O)c1c(NC(=O)C(C#N)=Cc2cn(Cc3ccccc3)c3ccccc23)sc2c1CCCC2. The van der Waals surface area contributed by atoms with Crippen LogP contribution in [0.1, 0.15) is 51.7 Å². The number of hydrogen-bond donors (Lipinski definition) is 1. The van der Waals surface area contributed by atoms with E-state index in [1.54, 1.807) is 13.0 Å². The maximum absolute atomic E-state index is 13.3. The molecule has 0 aliphatic heterocycles. The van der Waals surface area contributed by atoms with Gasteiger partial charge < -0.3 is 14.6 Å². The first-order valence-electron chi connectivity index (χ1n) is 12.5. The molecular formula is C30H27N3O3S. The van der Waals surface area contributed by atoms with Gasteiger partial charge in [0.15, 0.2) is 0 Å². The predicted octanol–water partition coefficient (Wildman–Crippen LogP) is 6.35. The van der Waals surface area contributed by atoms with Crippen molar-refractivity contribution in [3.8, 4) is 6.07 Å². The lowest BCUT2D eigenvalue weighted by atomic mass is 9.95. The monoisotopic (exact) mass is 509 g/mol. The molecule has 2 heterocycles. The summed E-state index contributed by atoms with van der Waals surface area (Å²) in [6.07, 6.45) is 7.31. The molecule has 0 unspecified atom stereocenters. The molecule has 0 fully saturated rings. The average molecular weight is 510 g/mol. The number of nitrogens with one attached hydrogen (secondary N) is 1. The minimum atomic E-state index is -0.536. The van der Waals surface area contributed by atoms with E-state index in [1.165, 1.54) is 11.3 Å². The fourth-order valence-corrected chi connectivity index (χ4v) is 6.12. The Morgan fingerprint density at radius 3 is 2.65 bits per heavy atom. The number of aryl methyl sites for hydroxylation is 1. The summed E-state index contributed by atoms with van der Waals surface area (Å²) < 4.78 is 7.41. The number of hydrogen-bond acceptors (Lipinski definition) is 5. The third-order valence-electron chi connectivity index (χ3n) is 6.56. The Labute approximate surface area is 219 Å². The van der Waals surface area contributed by atoms with Gasteiger partial charge in [0.2, 0.25) is 0 Å². The van der Waals surface area contributed by atoms with E-state index in [-0.39, 0.29) is 12.2 Å². The quantitative estimate of drug-likeness (QED) is 0.179. The Morgan fingerprint density at radius 2 is 1.86 bits per heavy atom. The van der Waals surface area contributed by atoms with Gasteiger partial charge in [0.25, 0.3) is 5.91 Å². The number of benzene rings is 2. The molecule has 0 saturated heterocycles. The number of ether oxygens (including phenoxy) is 1. The molecule has 1 amide bonds. The Balaban J connectivity index is 1.48. The Morgan fingerprint density at radius 1 is 1.11 bits per heavy atom. The molecule has 4 aromatic rings. The fourth-order valence-electron chi connectivity index (χ4n) is 4.85. The molecule has 2 aromatic heterocycles. The van der Waals surface area contributed by atoms with Gasteiger partial charge in [0.1, 0.15) is 16.6 Å². The van der Waals surface area contributed by atoms with Crippen LogP contribution in [0, 0.1) is 11.3 Å². The molecule has 1 N–H and O–H groups in total. The van der Waals surface area contributed by atoms with Gasteiger partial charge in [-0.15, -0.1) is 11.3 Å². The molecule has 0 saturated carbocycles. The largest absolute Gasteiger partial charge is 0.462 e. The van der Waals surface area contributed by atoms with E-state index in [4.69, 9.17) is 4.74 Å². The van der Waals surface area contributed by atoms with Gasteiger partial charge in [0.05, 0.1) is 12.2 Å². The Hall–Kier alpha value is -4.15. The molecule has 0 bridgehead atoms. The third-order valence-corrected chi connectivity index (χ3v) is 7.77. The lowest BCUT2D eigenvalue weighted by molar-refractivity contribution is -0.112. The first kappa shape index (κ1) is 24.5. The zero-order valence-corrected chi connectivity index (χ0v) is 21.4. The molecule has 5 rings (SSSR count). The first-order chi connectivity index (χ1) is 18.1. The number of carbonyl (C=O) groups excluding carboxylic acids is 2. The van der Waals surface area contributed by atoms with E-state index in [2.05, 4.69) is 28.1 Å². The van der Waals surface area contributed by atoms with E-state index >= 15 is 0 Å². The Kier molecular flexibility index (Phi) is 7.20. The second-order valence-corrected chi connectivity index (χ2v) is 10.1. The molecule has 0 radical (unpaired) electrons. The second-order valence-electron chi connectivity index (χ2n) is 8.97. The van der Waals surface area contributed by atoms with Crippen LogP contribution in [0.25, 0.3) is 17.0 Å². The highest BCUT2D eigenvalue weighted by Gasteiger charge is 2.28. The zero-order valence-electron chi connectivity index (χ0n) is 20.6. The summed E-state index contributed by atoms with van der Waals surface area (Å²) in [5, 5.41) is 14.2. The molecule has 6 nitrogen and oxygen atoms in total. The highest BCUT2D eigenvalue weighted by molar-refractivity contribution is 7.17. The zero-order chi connectivity index (χ0) is 25.8. The third kappa shape index (κ3) is 5.07. The van der Waals surface area contributed by atoms with E-state index < -0.39 is 11.9 Å². The van der Waals surface area contributed by atoms with E-state index in [1.807, 2.05) is 48.7 Å². The number of nitriles is 1. The van der Waals surface area contributed by atoms with Crippen LogP contribution in [-0.2, 0) is 28.9 Å². The number of fused-ring (bicyclic) bond motifs is 2. The molecule has 1 aliphatic rings. The van der Waals surface area contributed by atoms with Crippen molar-refractivity contribution in [2.75, 3.05) is 11.9 Å². The summed E-state index contributed by atoms with van der Waals surface area (Å²) in [6.45, 7) is 2.69. The molecule has 1 aliphatic carbocycles. The van der Waals surface area contributed by atoms with Crippen molar-refractivity contribution < 1.29 is 14.3 Å². The number of aromatic nitrogens is 1. The molecule has 37 heavy (non-hydrogen) atoms. The number of anilines is 1. The summed E-state index contributed by atoms with van der Waals surface area (Å²) in [5.41, 5.74) is 4.34. The molecule has 186 valence electrons. The lowest BCUT2D eigenvalue weighted by Gasteiger charge is -2.12. The number of thiophene rings is 1. The minimum Gasteiger partial charge on any atom is -0.462 e. The number of rotatable bonds is 7. The number of esters is 1. The first-order valence-corrected chi connectivity index (χ1v) is 13.3. The molecule has 0 spiro atoms. The van der Waals surface area contributed by atoms with Gasteiger partial charge in [-0.1, -0.05) is 48.5 Å². The van der Waals surface area contributed by atoms with Gasteiger partial charge in [0, 0.05) is 34.1 Å². The van der Waals surface area contributed by atoms with Crippen molar-refractivity contribution in [3.63, 3.8) is 0 Å². The number of nitrogens with zero attached hydrogens (tertiary/aromatic N) is 2. The van der Waals surface area contributed by atoms with Crippen LogP contribution in [0.3, 0.4) is 0 Å². The van der Waals surface area contributed by atoms with Crippen LogP contribution in [0.5, 0.6) is 0 Å². The smallest absolute Gasteiger partial charge is 0.341 e. The van der Waals surface area contributed by atoms with Gasteiger partial charge in [-0.2, -0.15) is 5.26 Å². The summed E-state index contributed by atoms with van der Waals surface area (Å²) in [7, 11) is 0. The van der Waals surface area contributed by atoms with Crippen molar-refractivity contribution in [1.29, 1.82) is 5.26 Å². The van der Waals surface area contributed by atoms with E-state index in [0.717, 1.165) is 58.2 Å². The molecule has 0 atom stereocenters. The van der Waals surface area contributed by atoms with Crippen molar-refractivity contribution in [3.05, 3.63) is 93.5 Å². The maximum Gasteiger partial charge on any atom is 0.341 e. The van der Waals surface area contributed by atoms with Crippen LogP contribution in [0.2, 0.25) is 0 Å². The van der Waals surface area contributed by atoms with Gasteiger partial charge >= 0.3 is 5.97 Å². The second kappa shape index (κ2) is 10.9. The van der Waals surface area contributed by atoms with Crippen LogP contribution in [0.4, 0.5) is 5.00 Å². The van der Waals surface area contributed by atoms with Gasteiger partial charge in [-0.05, 0) is 55.9 Å². The highest BCUT2D eigenvalue weighted by Crippen LogP contribution is 2.39. The predicted molar refractivity (Wildman–Crippen MR) is 147 cm³/mol. The van der Waals surface area contributed by atoms with Crippen molar-refractivity contribution in [2.24, 2.45) is 0 Å². The van der Waals surface area contributed by atoms with Crippen molar-refractivity contribution in [2.45, 2.75) is 39.2 Å². The minimum absolute atomic E-state index is 0.0243. The molecular weight excluding hydrogens is 482 g/mol. The lowest BCUT2D eigenvalue weighted by Crippen LogP contribution is -2.16. The van der Waals surface area contributed by atoms with Crippen LogP contribution < -0.4 is 5.32 Å². The Bertz CT molecular complexity index is 1540. The summed E-state index contributed by atoms with van der Waals surface area (Å²) >= 11 is 1.41. The van der Waals surface area contributed by atoms with Crippen LogP contribution in [0.15, 0.2) is 66.4 Å². The molecule has 2 aromatic carbocycles. The standard InChI is InChI=1S/C30H27N3O3S/c1-2-36-30(35)27-24-13-7-9-15-26(24)37-29(27)32-28(34)21(17-31)16-22-19-33(18-20-10-4-3-5-11-20)25-14-8-6-12-23(22)25/h3-6,8,10-12,14,16,19H,2,7,9,13,15,18H2,1H3,(H,32,34). The van der Waals surface area contributed by atoms with Gasteiger partial charge in [-0.3, -0.25) is 4.79 Å². The summed E-state index contributed by atoms with van der Waals surface area (Å²) in [6, 6.07) is 20.1. The molecule has 7 heteroatoms.